The number of rotatable bonds is 8. The maximum atomic E-state index is 12.2. The van der Waals surface area contributed by atoms with Gasteiger partial charge in [-0.3, -0.25) is 4.79 Å². The van der Waals surface area contributed by atoms with Crippen molar-refractivity contribution in [3.63, 3.8) is 0 Å². The van der Waals surface area contributed by atoms with Crippen LogP contribution in [0.15, 0.2) is 60.7 Å². The zero-order valence-corrected chi connectivity index (χ0v) is 16.9. The molecule has 0 aliphatic carbocycles. The Morgan fingerprint density at radius 1 is 1.10 bits per heavy atom. The predicted octanol–water partition coefficient (Wildman–Crippen LogP) is 5.74. The Balaban J connectivity index is 1.50. The summed E-state index contributed by atoms with van der Waals surface area (Å²) in [6.45, 7) is 4.08. The zero-order chi connectivity index (χ0) is 20.1. The number of aromatic nitrogens is 1. The highest BCUT2D eigenvalue weighted by molar-refractivity contribution is 5.91. The number of nitrogens with zero attached hydrogens (tertiary/aromatic N) is 1. The van der Waals surface area contributed by atoms with Crippen LogP contribution in [0, 0.1) is 0 Å². The molecule has 0 bridgehead atoms. The van der Waals surface area contributed by atoms with Crippen LogP contribution in [0.5, 0.6) is 5.75 Å². The van der Waals surface area contributed by atoms with Crippen LogP contribution in [0.1, 0.15) is 43.9 Å². The number of aryl methyl sites for hydroxylation is 1. The van der Waals surface area contributed by atoms with Gasteiger partial charge in [0.25, 0.3) is 0 Å². The summed E-state index contributed by atoms with van der Waals surface area (Å²) >= 11 is 0. The van der Waals surface area contributed by atoms with Crippen molar-refractivity contribution in [2.24, 2.45) is 0 Å². The molecule has 1 aliphatic heterocycles. The van der Waals surface area contributed by atoms with E-state index in [4.69, 9.17) is 9.47 Å². The number of esters is 1. The van der Waals surface area contributed by atoms with Crippen molar-refractivity contribution in [3.05, 3.63) is 71.9 Å². The van der Waals surface area contributed by atoms with Gasteiger partial charge < -0.3 is 14.0 Å². The monoisotopic (exact) mass is 389 g/mol. The Bertz CT molecular complexity index is 1020. The Labute approximate surface area is 171 Å². The van der Waals surface area contributed by atoms with Crippen LogP contribution < -0.4 is 4.74 Å². The van der Waals surface area contributed by atoms with Crippen LogP contribution in [0.3, 0.4) is 0 Å². The molecule has 0 amide bonds. The fourth-order valence-electron chi connectivity index (χ4n) is 3.76. The number of fused-ring (bicyclic) bond motifs is 3. The molecule has 2 aromatic carbocycles. The lowest BCUT2D eigenvalue weighted by atomic mass is 10.0. The molecule has 0 spiro atoms. The van der Waals surface area contributed by atoms with E-state index >= 15 is 0 Å². The molecule has 0 unspecified atom stereocenters. The third kappa shape index (κ3) is 4.53. The molecule has 1 aliphatic rings. The maximum absolute atomic E-state index is 12.2. The summed E-state index contributed by atoms with van der Waals surface area (Å²) in [4.78, 5) is 12.2. The molecular weight excluding hydrogens is 362 g/mol. The van der Waals surface area contributed by atoms with E-state index in [-0.39, 0.29) is 5.97 Å². The van der Waals surface area contributed by atoms with Gasteiger partial charge in [-0.1, -0.05) is 49.8 Å². The minimum absolute atomic E-state index is 0.143. The smallest absolute Gasteiger partial charge is 0.310 e. The molecule has 0 N–H and O–H groups in total. The second-order valence-electron chi connectivity index (χ2n) is 7.44. The number of benzene rings is 2. The van der Waals surface area contributed by atoms with Gasteiger partial charge in [-0.05, 0) is 48.2 Å². The fourth-order valence-corrected chi connectivity index (χ4v) is 3.76. The summed E-state index contributed by atoms with van der Waals surface area (Å²) in [5, 5.41) is 1.14. The van der Waals surface area contributed by atoms with Crippen molar-refractivity contribution in [2.75, 3.05) is 6.61 Å². The summed E-state index contributed by atoms with van der Waals surface area (Å²) in [6, 6.07) is 18.5. The number of allylic oxidation sites excluding steroid dienone is 1. The van der Waals surface area contributed by atoms with E-state index in [1.54, 1.807) is 0 Å². The van der Waals surface area contributed by atoms with E-state index in [1.807, 2.05) is 24.3 Å². The molecule has 2 heterocycles. The fraction of sp³-hybridized carbons (Fsp3) is 0.320. The third-order valence-electron chi connectivity index (χ3n) is 5.29. The van der Waals surface area contributed by atoms with E-state index < -0.39 is 0 Å². The lowest BCUT2D eigenvalue weighted by Gasteiger charge is -2.17. The summed E-state index contributed by atoms with van der Waals surface area (Å²) in [5.41, 5.74) is 4.49. The first kappa shape index (κ1) is 19.3. The largest absolute Gasteiger partial charge is 0.489 e. The average molecular weight is 389 g/mol. The van der Waals surface area contributed by atoms with Crippen LogP contribution in [-0.2, 0) is 22.7 Å². The van der Waals surface area contributed by atoms with Crippen LogP contribution in [0.2, 0.25) is 0 Å². The zero-order valence-electron chi connectivity index (χ0n) is 16.9. The Hall–Kier alpha value is -3.01. The van der Waals surface area contributed by atoms with Crippen molar-refractivity contribution in [2.45, 2.75) is 45.8 Å². The molecular formula is C25H27NO3. The van der Waals surface area contributed by atoms with Crippen molar-refractivity contribution in [1.29, 1.82) is 0 Å². The number of carbonyl (C=O) groups excluding carboxylic acids is 1. The van der Waals surface area contributed by atoms with Gasteiger partial charge in [0.15, 0.2) is 0 Å². The molecule has 29 heavy (non-hydrogen) atoms. The first-order chi connectivity index (χ1) is 14.2. The molecule has 3 aromatic rings. The van der Waals surface area contributed by atoms with E-state index in [0.717, 1.165) is 53.8 Å². The predicted molar refractivity (Wildman–Crippen MR) is 116 cm³/mol. The van der Waals surface area contributed by atoms with Gasteiger partial charge >= 0.3 is 5.97 Å². The third-order valence-corrected chi connectivity index (χ3v) is 5.29. The van der Waals surface area contributed by atoms with Gasteiger partial charge in [0.1, 0.15) is 12.4 Å². The van der Waals surface area contributed by atoms with Gasteiger partial charge in [-0.25, -0.2) is 0 Å². The number of hydrogen-bond acceptors (Lipinski definition) is 3. The summed E-state index contributed by atoms with van der Waals surface area (Å²) < 4.78 is 13.6. The molecule has 4 heteroatoms. The quantitative estimate of drug-likeness (QED) is 0.364. The summed E-state index contributed by atoms with van der Waals surface area (Å²) in [7, 11) is 0. The number of unbranched alkanes of at least 4 members (excludes halogenated alkanes) is 1. The lowest BCUT2D eigenvalue weighted by molar-refractivity contribution is -0.142. The van der Waals surface area contributed by atoms with Gasteiger partial charge in [0.05, 0.1) is 13.0 Å². The maximum Gasteiger partial charge on any atom is 0.310 e. The van der Waals surface area contributed by atoms with E-state index in [1.165, 1.54) is 5.52 Å². The van der Waals surface area contributed by atoms with Crippen LogP contribution >= 0.6 is 0 Å². The minimum atomic E-state index is -0.143. The first-order valence-electron chi connectivity index (χ1n) is 10.4. The molecule has 150 valence electrons. The summed E-state index contributed by atoms with van der Waals surface area (Å²) in [5.74, 6) is 0.712. The molecule has 0 saturated heterocycles. The van der Waals surface area contributed by atoms with Crippen molar-refractivity contribution in [3.8, 4) is 5.75 Å². The Morgan fingerprint density at radius 3 is 2.79 bits per heavy atom. The minimum Gasteiger partial charge on any atom is -0.489 e. The second-order valence-corrected chi connectivity index (χ2v) is 7.44. The normalized spacial score (nSPS) is 13.1. The van der Waals surface area contributed by atoms with Gasteiger partial charge in [-0.2, -0.15) is 0 Å². The first-order valence-corrected chi connectivity index (χ1v) is 10.4. The Kier molecular flexibility index (Phi) is 5.99. The molecule has 4 nitrogen and oxygen atoms in total. The molecule has 0 fully saturated rings. The van der Waals surface area contributed by atoms with Crippen molar-refractivity contribution in [1.82, 2.24) is 4.57 Å². The molecule has 0 atom stereocenters. The van der Waals surface area contributed by atoms with Crippen LogP contribution in [-0.4, -0.2) is 17.1 Å². The van der Waals surface area contributed by atoms with Gasteiger partial charge in [0, 0.05) is 23.1 Å². The number of hydrogen-bond donors (Lipinski definition) is 0. The van der Waals surface area contributed by atoms with E-state index in [9.17, 15) is 4.79 Å². The number of ether oxygens (including phenoxy) is 2. The van der Waals surface area contributed by atoms with Crippen LogP contribution in [0.25, 0.3) is 16.5 Å². The topological polar surface area (TPSA) is 40.5 Å². The molecule has 4 rings (SSSR count). The van der Waals surface area contributed by atoms with E-state index in [0.29, 0.717) is 19.6 Å². The Morgan fingerprint density at radius 2 is 1.97 bits per heavy atom. The van der Waals surface area contributed by atoms with E-state index in [2.05, 4.69) is 47.9 Å². The van der Waals surface area contributed by atoms with Crippen molar-refractivity contribution >= 4 is 22.4 Å². The standard InChI is InChI=1S/C25H27NO3/c1-2-3-14-28-25(27)17-20-10-7-13-26-23-12-11-22(15-21(23)16-24(20)26)29-18-19-8-5-4-6-9-19/h4-6,8-12,15-16H,2-3,7,13-14,17-18H2,1H3. The van der Waals surface area contributed by atoms with Crippen molar-refractivity contribution < 1.29 is 14.3 Å². The highest BCUT2D eigenvalue weighted by atomic mass is 16.5. The van der Waals surface area contributed by atoms with Gasteiger partial charge in [-0.15, -0.1) is 0 Å². The number of carbonyl (C=O) groups is 1. The lowest BCUT2D eigenvalue weighted by Crippen LogP contribution is -2.12. The SMILES string of the molecule is CCCCOC(=O)CC1=CCCn2c1cc1cc(OCc3ccccc3)ccc12. The molecule has 0 radical (unpaired) electrons. The van der Waals surface area contributed by atoms with Crippen LogP contribution in [0.4, 0.5) is 0 Å². The summed E-state index contributed by atoms with van der Waals surface area (Å²) in [6.07, 6.45) is 5.37. The highest BCUT2D eigenvalue weighted by Gasteiger charge is 2.19. The second kappa shape index (κ2) is 8.99. The highest BCUT2D eigenvalue weighted by Crippen LogP contribution is 2.33. The molecule has 1 aromatic heterocycles. The van der Waals surface area contributed by atoms with Gasteiger partial charge in [0.2, 0.25) is 0 Å². The molecule has 0 saturated carbocycles. The average Bonchev–Trinajstić information content (AvgIpc) is 3.12.